The average Bonchev–Trinajstić information content (AvgIpc) is 3.10. The monoisotopic (exact) mass is 381 g/mol. The van der Waals surface area contributed by atoms with Gasteiger partial charge in [-0.3, -0.25) is 9.69 Å². The number of halogens is 1. The molecule has 0 bridgehead atoms. The molecule has 0 atom stereocenters. The molecule has 2 aromatic heterocycles. The van der Waals surface area contributed by atoms with E-state index in [9.17, 15) is 4.79 Å². The summed E-state index contributed by atoms with van der Waals surface area (Å²) in [5.41, 5.74) is 3.47. The maximum absolute atomic E-state index is 12.4. The summed E-state index contributed by atoms with van der Waals surface area (Å²) in [7, 11) is 0. The number of carbonyl (C=O) groups is 1. The highest BCUT2D eigenvalue weighted by molar-refractivity contribution is 7.10. The van der Waals surface area contributed by atoms with Gasteiger partial charge in [-0.15, -0.1) is 23.7 Å². The van der Waals surface area contributed by atoms with Crippen LogP contribution in [0, 0.1) is 13.8 Å². The van der Waals surface area contributed by atoms with Crippen LogP contribution in [0.15, 0.2) is 16.0 Å². The van der Waals surface area contributed by atoms with E-state index in [0.717, 1.165) is 56.0 Å². The lowest BCUT2D eigenvalue weighted by Crippen LogP contribution is -2.61. The Hall–Kier alpha value is -1.37. The number of likely N-dealkylation sites (tertiary alicyclic amines) is 1. The first-order valence-corrected chi connectivity index (χ1v) is 9.48. The minimum Gasteiger partial charge on any atom is -0.361 e. The topological polar surface area (TPSA) is 49.6 Å². The Morgan fingerprint density at radius 2 is 2.20 bits per heavy atom. The van der Waals surface area contributed by atoms with Crippen molar-refractivity contribution >= 4 is 29.7 Å². The lowest BCUT2D eigenvalue weighted by molar-refractivity contribution is -0.138. The Morgan fingerprint density at radius 3 is 2.92 bits per heavy atom. The van der Waals surface area contributed by atoms with E-state index in [1.165, 1.54) is 10.4 Å². The molecule has 5 nitrogen and oxygen atoms in total. The molecule has 0 aromatic carbocycles. The first kappa shape index (κ1) is 18.4. The molecular formula is C18H24ClN3O2S. The van der Waals surface area contributed by atoms with Crippen molar-refractivity contribution in [2.45, 2.75) is 45.7 Å². The van der Waals surface area contributed by atoms with Gasteiger partial charge in [0.1, 0.15) is 5.76 Å². The summed E-state index contributed by atoms with van der Waals surface area (Å²) < 4.78 is 5.17. The van der Waals surface area contributed by atoms with Crippen LogP contribution in [0.2, 0.25) is 0 Å². The molecule has 0 spiro atoms. The van der Waals surface area contributed by atoms with E-state index in [1.54, 1.807) is 0 Å². The standard InChI is InChI=1S/C18H23N3O2S.ClH/c1-12-16(13(2)23-19-12)3-4-18(22)21-10-15(11-21)20-7-5-17-14(9-20)6-8-24-17;/h6,8,15H,3-5,7,9-11H2,1-2H3;1H. The zero-order valence-corrected chi connectivity index (χ0v) is 16.3. The molecule has 1 fully saturated rings. The summed E-state index contributed by atoms with van der Waals surface area (Å²) in [4.78, 5) is 18.5. The van der Waals surface area contributed by atoms with Gasteiger partial charge in [0.25, 0.3) is 0 Å². The Labute approximate surface area is 158 Å². The summed E-state index contributed by atoms with van der Waals surface area (Å²) in [5, 5.41) is 6.15. The second kappa shape index (κ2) is 7.48. The van der Waals surface area contributed by atoms with Gasteiger partial charge < -0.3 is 9.42 Å². The Morgan fingerprint density at radius 1 is 1.40 bits per heavy atom. The minimum atomic E-state index is 0. The fourth-order valence-electron chi connectivity index (χ4n) is 3.72. The SMILES string of the molecule is Cc1noc(C)c1CCC(=O)N1CC(N2CCc3sccc3C2)C1.Cl. The second-order valence-corrected chi connectivity index (χ2v) is 7.85. The maximum Gasteiger partial charge on any atom is 0.223 e. The van der Waals surface area contributed by atoms with Gasteiger partial charge in [-0.25, -0.2) is 0 Å². The lowest BCUT2D eigenvalue weighted by Gasteiger charge is -2.46. The maximum atomic E-state index is 12.4. The zero-order chi connectivity index (χ0) is 16.7. The molecule has 2 aliphatic rings. The van der Waals surface area contributed by atoms with Crippen LogP contribution in [0.3, 0.4) is 0 Å². The van der Waals surface area contributed by atoms with E-state index in [-0.39, 0.29) is 18.3 Å². The van der Waals surface area contributed by atoms with Gasteiger partial charge in [0, 0.05) is 49.1 Å². The second-order valence-electron chi connectivity index (χ2n) is 6.84. The number of hydrogen-bond acceptors (Lipinski definition) is 5. The molecule has 0 saturated carbocycles. The smallest absolute Gasteiger partial charge is 0.223 e. The fourth-order valence-corrected chi connectivity index (χ4v) is 4.61. The summed E-state index contributed by atoms with van der Waals surface area (Å²) in [6.45, 7) is 7.77. The predicted molar refractivity (Wildman–Crippen MR) is 100 cm³/mol. The molecule has 0 radical (unpaired) electrons. The van der Waals surface area contributed by atoms with Gasteiger partial charge in [-0.1, -0.05) is 5.16 Å². The Kier molecular flexibility index (Phi) is 5.51. The van der Waals surface area contributed by atoms with Gasteiger partial charge >= 0.3 is 0 Å². The van der Waals surface area contributed by atoms with E-state index in [4.69, 9.17) is 4.52 Å². The summed E-state index contributed by atoms with van der Waals surface area (Å²) in [6.07, 6.45) is 2.43. The third-order valence-corrected chi connectivity index (χ3v) is 6.36. The molecule has 4 rings (SSSR count). The van der Waals surface area contributed by atoms with Crippen molar-refractivity contribution < 1.29 is 9.32 Å². The largest absolute Gasteiger partial charge is 0.361 e. The highest BCUT2D eigenvalue weighted by atomic mass is 35.5. The molecule has 2 aliphatic heterocycles. The molecule has 0 aliphatic carbocycles. The highest BCUT2D eigenvalue weighted by Gasteiger charge is 2.35. The number of amides is 1. The van der Waals surface area contributed by atoms with Crippen LogP contribution in [-0.2, 0) is 24.2 Å². The molecule has 136 valence electrons. The molecule has 4 heterocycles. The van der Waals surface area contributed by atoms with Crippen LogP contribution in [0.25, 0.3) is 0 Å². The summed E-state index contributed by atoms with van der Waals surface area (Å²) in [5.74, 6) is 1.08. The number of fused-ring (bicyclic) bond motifs is 1. The van der Waals surface area contributed by atoms with E-state index in [1.807, 2.05) is 30.1 Å². The van der Waals surface area contributed by atoms with Crippen molar-refractivity contribution in [2.75, 3.05) is 19.6 Å². The third kappa shape index (κ3) is 3.61. The number of aryl methyl sites for hydroxylation is 2. The highest BCUT2D eigenvalue weighted by Crippen LogP contribution is 2.28. The van der Waals surface area contributed by atoms with Crippen molar-refractivity contribution in [3.8, 4) is 0 Å². The molecule has 0 N–H and O–H groups in total. The van der Waals surface area contributed by atoms with E-state index in [0.29, 0.717) is 12.5 Å². The number of carbonyl (C=O) groups excluding carboxylic acids is 1. The van der Waals surface area contributed by atoms with Crippen molar-refractivity contribution in [3.05, 3.63) is 38.9 Å². The van der Waals surface area contributed by atoms with Crippen molar-refractivity contribution in [1.29, 1.82) is 0 Å². The van der Waals surface area contributed by atoms with Crippen LogP contribution in [-0.4, -0.2) is 46.5 Å². The lowest BCUT2D eigenvalue weighted by atomic mass is 10.0. The zero-order valence-electron chi connectivity index (χ0n) is 14.7. The summed E-state index contributed by atoms with van der Waals surface area (Å²) in [6, 6.07) is 2.78. The number of hydrogen-bond donors (Lipinski definition) is 0. The molecule has 2 aromatic rings. The fraction of sp³-hybridized carbons (Fsp3) is 0.556. The van der Waals surface area contributed by atoms with E-state index >= 15 is 0 Å². The molecule has 7 heteroatoms. The molecule has 0 unspecified atom stereocenters. The number of aromatic nitrogens is 1. The van der Waals surface area contributed by atoms with Crippen LogP contribution < -0.4 is 0 Å². The quantitative estimate of drug-likeness (QED) is 0.816. The molecular weight excluding hydrogens is 358 g/mol. The van der Waals surface area contributed by atoms with Crippen molar-refractivity contribution in [3.63, 3.8) is 0 Å². The average molecular weight is 382 g/mol. The Bertz CT molecular complexity index is 732. The van der Waals surface area contributed by atoms with E-state index < -0.39 is 0 Å². The van der Waals surface area contributed by atoms with Gasteiger partial charge in [0.2, 0.25) is 5.91 Å². The minimum absolute atomic E-state index is 0. The van der Waals surface area contributed by atoms with Crippen molar-refractivity contribution in [2.24, 2.45) is 0 Å². The first-order chi connectivity index (χ1) is 11.6. The normalized spacial score (nSPS) is 17.8. The molecule has 1 saturated heterocycles. The molecule has 1 amide bonds. The van der Waals surface area contributed by atoms with Gasteiger partial charge in [0.05, 0.1) is 5.69 Å². The van der Waals surface area contributed by atoms with Crippen molar-refractivity contribution in [1.82, 2.24) is 15.0 Å². The molecule has 25 heavy (non-hydrogen) atoms. The van der Waals surface area contributed by atoms with E-state index in [2.05, 4.69) is 21.5 Å². The number of thiophene rings is 1. The third-order valence-electron chi connectivity index (χ3n) is 5.34. The van der Waals surface area contributed by atoms with Gasteiger partial charge in [0.15, 0.2) is 0 Å². The van der Waals surface area contributed by atoms with Gasteiger partial charge in [-0.05, 0) is 43.7 Å². The van der Waals surface area contributed by atoms with Gasteiger partial charge in [-0.2, -0.15) is 0 Å². The number of rotatable bonds is 4. The Balaban J connectivity index is 0.00000182. The first-order valence-electron chi connectivity index (χ1n) is 8.60. The van der Waals surface area contributed by atoms with Crippen LogP contribution in [0.1, 0.15) is 33.9 Å². The van der Waals surface area contributed by atoms with Crippen LogP contribution in [0.5, 0.6) is 0 Å². The summed E-state index contributed by atoms with van der Waals surface area (Å²) >= 11 is 1.87. The number of nitrogens with zero attached hydrogens (tertiary/aromatic N) is 3. The predicted octanol–water partition coefficient (Wildman–Crippen LogP) is 2.98. The van der Waals surface area contributed by atoms with Crippen LogP contribution >= 0.6 is 23.7 Å². The van der Waals surface area contributed by atoms with Crippen LogP contribution in [0.4, 0.5) is 0 Å².